The van der Waals surface area contributed by atoms with Crippen LogP contribution >= 0.6 is 11.6 Å². The number of alkyl halides is 1. The van der Waals surface area contributed by atoms with Crippen molar-refractivity contribution >= 4 is 23.4 Å². The smallest absolute Gasteiger partial charge is 0.237 e. The monoisotopic (exact) mass is 236 g/mol. The molecule has 2 N–H and O–H groups in total. The fraction of sp³-hybridized carbons (Fsp3) is 0.778. The lowest BCUT2D eigenvalue weighted by atomic mass is 10.3. The fourth-order valence-electron chi connectivity index (χ4n) is 0.821. The minimum atomic E-state index is -0.568. The SMILES string of the molecule is COCCNC(=O)CCNC(=O)C(C)Cl. The van der Waals surface area contributed by atoms with Gasteiger partial charge in [0.15, 0.2) is 0 Å². The fourth-order valence-corrected chi connectivity index (χ4v) is 0.898. The summed E-state index contributed by atoms with van der Waals surface area (Å²) in [7, 11) is 1.56. The Hall–Kier alpha value is -0.810. The minimum absolute atomic E-state index is 0.116. The van der Waals surface area contributed by atoms with Crippen LogP contribution in [0.3, 0.4) is 0 Å². The first-order chi connectivity index (χ1) is 7.07. The van der Waals surface area contributed by atoms with Crippen LogP contribution in [0.2, 0.25) is 0 Å². The van der Waals surface area contributed by atoms with Crippen LogP contribution in [-0.4, -0.2) is 44.0 Å². The van der Waals surface area contributed by atoms with Crippen LogP contribution in [0, 0.1) is 0 Å². The second-order valence-electron chi connectivity index (χ2n) is 3.00. The van der Waals surface area contributed by atoms with Crippen molar-refractivity contribution in [3.05, 3.63) is 0 Å². The van der Waals surface area contributed by atoms with Crippen LogP contribution in [0.1, 0.15) is 13.3 Å². The molecule has 15 heavy (non-hydrogen) atoms. The van der Waals surface area contributed by atoms with Crippen LogP contribution < -0.4 is 10.6 Å². The maximum Gasteiger partial charge on any atom is 0.237 e. The van der Waals surface area contributed by atoms with Gasteiger partial charge >= 0.3 is 0 Å². The first-order valence-corrected chi connectivity index (χ1v) is 5.19. The molecule has 0 fully saturated rings. The first kappa shape index (κ1) is 14.2. The Kier molecular flexibility index (Phi) is 8.04. The predicted octanol–water partition coefficient (Wildman–Crippen LogP) is -0.117. The van der Waals surface area contributed by atoms with Gasteiger partial charge in [-0.05, 0) is 6.92 Å². The van der Waals surface area contributed by atoms with Gasteiger partial charge in [0.05, 0.1) is 6.61 Å². The van der Waals surface area contributed by atoms with Crippen LogP contribution in [0.15, 0.2) is 0 Å². The van der Waals surface area contributed by atoms with Crippen molar-refractivity contribution in [2.24, 2.45) is 0 Å². The molecular formula is C9H17ClN2O3. The standard InChI is InChI=1S/C9H17ClN2O3/c1-7(10)9(14)12-4-3-8(13)11-5-6-15-2/h7H,3-6H2,1-2H3,(H,11,13)(H,12,14). The molecule has 0 aromatic heterocycles. The Bertz CT molecular complexity index is 210. The van der Waals surface area contributed by atoms with Crippen molar-refractivity contribution in [1.82, 2.24) is 10.6 Å². The zero-order chi connectivity index (χ0) is 11.7. The van der Waals surface area contributed by atoms with E-state index < -0.39 is 5.38 Å². The molecule has 0 saturated carbocycles. The average molecular weight is 237 g/mol. The molecule has 0 radical (unpaired) electrons. The Labute approximate surface area is 94.5 Å². The van der Waals surface area contributed by atoms with E-state index in [-0.39, 0.29) is 18.2 Å². The van der Waals surface area contributed by atoms with E-state index in [9.17, 15) is 9.59 Å². The molecule has 0 saturated heterocycles. The van der Waals surface area contributed by atoms with Gasteiger partial charge in [0.25, 0.3) is 0 Å². The maximum atomic E-state index is 11.1. The van der Waals surface area contributed by atoms with Gasteiger partial charge in [-0.3, -0.25) is 9.59 Å². The van der Waals surface area contributed by atoms with E-state index in [1.165, 1.54) is 0 Å². The number of hydrogen-bond donors (Lipinski definition) is 2. The van der Waals surface area contributed by atoms with E-state index in [0.717, 1.165) is 0 Å². The summed E-state index contributed by atoms with van der Waals surface area (Å²) in [6.07, 6.45) is 0.249. The first-order valence-electron chi connectivity index (χ1n) is 4.75. The molecule has 5 nitrogen and oxygen atoms in total. The van der Waals surface area contributed by atoms with Crippen molar-refractivity contribution in [2.45, 2.75) is 18.7 Å². The van der Waals surface area contributed by atoms with E-state index in [1.54, 1.807) is 14.0 Å². The molecule has 0 spiro atoms. The predicted molar refractivity (Wildman–Crippen MR) is 57.8 cm³/mol. The number of nitrogens with one attached hydrogen (secondary N) is 2. The number of amides is 2. The number of carbonyl (C=O) groups is 2. The third kappa shape index (κ3) is 8.20. The maximum absolute atomic E-state index is 11.1. The highest BCUT2D eigenvalue weighted by Gasteiger charge is 2.08. The molecular weight excluding hydrogens is 220 g/mol. The van der Waals surface area contributed by atoms with Crippen molar-refractivity contribution in [3.8, 4) is 0 Å². The van der Waals surface area contributed by atoms with Crippen molar-refractivity contribution in [3.63, 3.8) is 0 Å². The second-order valence-corrected chi connectivity index (χ2v) is 3.65. The molecule has 0 bridgehead atoms. The molecule has 0 aliphatic rings. The third-order valence-corrected chi connectivity index (χ3v) is 1.84. The molecule has 88 valence electrons. The van der Waals surface area contributed by atoms with E-state index >= 15 is 0 Å². The van der Waals surface area contributed by atoms with Crippen LogP contribution in [0.5, 0.6) is 0 Å². The van der Waals surface area contributed by atoms with Gasteiger partial charge in [-0.2, -0.15) is 0 Å². The summed E-state index contributed by atoms with van der Waals surface area (Å²) >= 11 is 5.52. The van der Waals surface area contributed by atoms with Gasteiger partial charge in [0.2, 0.25) is 11.8 Å². The van der Waals surface area contributed by atoms with E-state index in [4.69, 9.17) is 16.3 Å². The summed E-state index contributed by atoms with van der Waals surface area (Å²) in [5, 5.41) is 4.61. The highest BCUT2D eigenvalue weighted by atomic mass is 35.5. The lowest BCUT2D eigenvalue weighted by Gasteiger charge is -2.06. The minimum Gasteiger partial charge on any atom is -0.383 e. The third-order valence-electron chi connectivity index (χ3n) is 1.64. The average Bonchev–Trinajstić information content (AvgIpc) is 2.18. The van der Waals surface area contributed by atoms with Crippen LogP contribution in [0.25, 0.3) is 0 Å². The van der Waals surface area contributed by atoms with E-state index in [1.807, 2.05) is 0 Å². The van der Waals surface area contributed by atoms with Gasteiger partial charge in [-0.15, -0.1) is 11.6 Å². The molecule has 0 rings (SSSR count). The van der Waals surface area contributed by atoms with Crippen LogP contribution in [0.4, 0.5) is 0 Å². The summed E-state index contributed by atoms with van der Waals surface area (Å²) < 4.78 is 4.76. The zero-order valence-electron chi connectivity index (χ0n) is 9.01. The molecule has 0 aromatic carbocycles. The zero-order valence-corrected chi connectivity index (χ0v) is 9.76. The second kappa shape index (κ2) is 8.49. The number of rotatable bonds is 7. The summed E-state index contributed by atoms with van der Waals surface area (Å²) in [6.45, 7) is 2.84. The number of methoxy groups -OCH3 is 1. The van der Waals surface area contributed by atoms with E-state index in [0.29, 0.717) is 19.7 Å². The lowest BCUT2D eigenvalue weighted by molar-refractivity contribution is -0.122. The van der Waals surface area contributed by atoms with Crippen molar-refractivity contribution in [2.75, 3.05) is 26.8 Å². The Balaban J connectivity index is 3.42. The number of halogens is 1. The molecule has 0 aromatic rings. The molecule has 0 heterocycles. The quantitative estimate of drug-likeness (QED) is 0.479. The number of hydrogen-bond acceptors (Lipinski definition) is 3. The highest BCUT2D eigenvalue weighted by Crippen LogP contribution is 1.91. The van der Waals surface area contributed by atoms with Gasteiger partial charge < -0.3 is 15.4 Å². The summed E-state index contributed by atoms with van der Waals surface area (Å²) in [5.74, 6) is -0.379. The molecule has 2 amide bonds. The van der Waals surface area contributed by atoms with Gasteiger partial charge in [-0.1, -0.05) is 0 Å². The van der Waals surface area contributed by atoms with Crippen LogP contribution in [-0.2, 0) is 14.3 Å². The van der Waals surface area contributed by atoms with Crippen molar-refractivity contribution < 1.29 is 14.3 Å². The molecule has 0 aliphatic carbocycles. The normalized spacial score (nSPS) is 11.9. The summed E-state index contributed by atoms with van der Waals surface area (Å²) in [5.41, 5.74) is 0. The number of carbonyl (C=O) groups excluding carboxylic acids is 2. The molecule has 1 atom stereocenters. The molecule has 0 aliphatic heterocycles. The largest absolute Gasteiger partial charge is 0.383 e. The highest BCUT2D eigenvalue weighted by molar-refractivity contribution is 6.30. The topological polar surface area (TPSA) is 67.4 Å². The summed E-state index contributed by atoms with van der Waals surface area (Å²) in [4.78, 5) is 22.1. The van der Waals surface area contributed by atoms with E-state index in [2.05, 4.69) is 10.6 Å². The van der Waals surface area contributed by atoms with Gasteiger partial charge in [0.1, 0.15) is 5.38 Å². The lowest BCUT2D eigenvalue weighted by Crippen LogP contribution is -2.34. The number of ether oxygens (including phenoxy) is 1. The van der Waals surface area contributed by atoms with Gasteiger partial charge in [0, 0.05) is 26.6 Å². The van der Waals surface area contributed by atoms with Crippen molar-refractivity contribution in [1.29, 1.82) is 0 Å². The Morgan fingerprint density at radius 3 is 2.53 bits per heavy atom. The molecule has 6 heteroatoms. The Morgan fingerprint density at radius 2 is 2.00 bits per heavy atom. The van der Waals surface area contributed by atoms with Gasteiger partial charge in [-0.25, -0.2) is 0 Å². The Morgan fingerprint density at radius 1 is 1.33 bits per heavy atom. The summed E-state index contributed by atoms with van der Waals surface area (Å²) in [6, 6.07) is 0. The molecule has 1 unspecified atom stereocenters.